The smallest absolute Gasteiger partial charge is 0.153 e. The summed E-state index contributed by atoms with van der Waals surface area (Å²) in [6.45, 7) is 2.35. The monoisotopic (exact) mass is 214 g/mol. The molecule has 0 heterocycles. The lowest BCUT2D eigenvalue weighted by Crippen LogP contribution is -2.15. The highest BCUT2D eigenvalue weighted by Gasteiger charge is 2.06. The minimum atomic E-state index is -1.73. The molecule has 0 saturated carbocycles. The van der Waals surface area contributed by atoms with Crippen LogP contribution in [0.4, 0.5) is 0 Å². The Morgan fingerprint density at radius 2 is 2.07 bits per heavy atom. The zero-order chi connectivity index (χ0) is 10.4. The number of para-hydroxylation sites is 1. The summed E-state index contributed by atoms with van der Waals surface area (Å²) in [6, 6.07) is 9.43. The lowest BCUT2D eigenvalue weighted by atomic mass is 10.2. The lowest BCUT2D eigenvalue weighted by molar-refractivity contribution is 0.271. The molecular weight excluding hydrogens is 200 g/mol. The van der Waals surface area contributed by atoms with Crippen LogP contribution in [0.1, 0.15) is 6.92 Å². The maximum absolute atomic E-state index is 10.5. The maximum Gasteiger partial charge on any atom is 0.153 e. The molecule has 3 nitrogen and oxygen atoms in total. The maximum atomic E-state index is 10.5. The van der Waals surface area contributed by atoms with Crippen molar-refractivity contribution in [2.45, 2.75) is 6.92 Å². The van der Waals surface area contributed by atoms with Crippen LogP contribution < -0.4 is 4.74 Å². The molecule has 2 atom stereocenters. The number of hydrogen-bond acceptors (Lipinski definition) is 2. The zero-order valence-electron chi connectivity index (χ0n) is 8.05. The number of rotatable bonds is 5. The van der Waals surface area contributed by atoms with Crippen molar-refractivity contribution in [1.29, 1.82) is 0 Å². The second-order valence-electron chi connectivity index (χ2n) is 3.22. The summed E-state index contributed by atoms with van der Waals surface area (Å²) < 4.78 is 24.5. The van der Waals surface area contributed by atoms with Gasteiger partial charge in [-0.3, -0.25) is 0 Å². The molecule has 0 aromatic heterocycles. The lowest BCUT2D eigenvalue weighted by Gasteiger charge is -2.10. The summed E-state index contributed by atoms with van der Waals surface area (Å²) in [7, 11) is 0. The molecule has 0 aliphatic rings. The van der Waals surface area contributed by atoms with Crippen molar-refractivity contribution in [2.75, 3.05) is 12.4 Å². The van der Waals surface area contributed by atoms with E-state index in [9.17, 15) is 4.21 Å². The summed E-state index contributed by atoms with van der Waals surface area (Å²) in [5, 5.41) is 0. The molecule has 1 aromatic rings. The summed E-state index contributed by atoms with van der Waals surface area (Å²) >= 11 is -1.73. The minimum absolute atomic E-state index is 0.0843. The van der Waals surface area contributed by atoms with E-state index in [-0.39, 0.29) is 11.7 Å². The Labute approximate surface area is 86.4 Å². The van der Waals surface area contributed by atoms with Crippen LogP contribution in [0.3, 0.4) is 0 Å². The van der Waals surface area contributed by atoms with Gasteiger partial charge in [0.25, 0.3) is 0 Å². The fourth-order valence-electron chi connectivity index (χ4n) is 1.05. The van der Waals surface area contributed by atoms with E-state index >= 15 is 0 Å². The quantitative estimate of drug-likeness (QED) is 0.762. The molecule has 0 saturated heterocycles. The molecule has 0 radical (unpaired) electrons. The van der Waals surface area contributed by atoms with E-state index in [2.05, 4.69) is 0 Å². The molecule has 14 heavy (non-hydrogen) atoms. The van der Waals surface area contributed by atoms with Crippen molar-refractivity contribution in [3.8, 4) is 5.75 Å². The fraction of sp³-hybridized carbons (Fsp3) is 0.400. The normalized spacial score (nSPS) is 14.7. The standard InChI is InChI=1S/C10H14O3S/c1-9(8-14(11)12)7-13-10-5-3-2-4-6-10/h2-6,9H,7-8H2,1H3,(H,11,12). The van der Waals surface area contributed by atoms with Crippen LogP contribution in [-0.4, -0.2) is 21.1 Å². The molecule has 2 unspecified atom stereocenters. The molecule has 1 N–H and O–H groups in total. The van der Waals surface area contributed by atoms with Crippen LogP contribution in [0, 0.1) is 5.92 Å². The summed E-state index contributed by atoms with van der Waals surface area (Å²) in [5.74, 6) is 1.14. The third kappa shape index (κ3) is 4.39. The third-order valence-electron chi connectivity index (χ3n) is 1.70. The Hall–Kier alpha value is -0.870. The largest absolute Gasteiger partial charge is 0.493 e. The van der Waals surface area contributed by atoms with Crippen LogP contribution in [0.5, 0.6) is 5.75 Å². The molecule has 0 aliphatic carbocycles. The SMILES string of the molecule is CC(COc1ccccc1)CS(=O)O. The average molecular weight is 214 g/mol. The Bertz CT molecular complexity index is 287. The average Bonchev–Trinajstić information content (AvgIpc) is 2.15. The first-order chi connectivity index (χ1) is 6.68. The fourth-order valence-corrected chi connectivity index (χ4v) is 1.63. The van der Waals surface area contributed by atoms with Crippen LogP contribution in [0.25, 0.3) is 0 Å². The second kappa shape index (κ2) is 5.78. The van der Waals surface area contributed by atoms with Gasteiger partial charge in [0.1, 0.15) is 5.75 Å². The van der Waals surface area contributed by atoms with E-state index in [0.717, 1.165) is 5.75 Å². The van der Waals surface area contributed by atoms with Crippen LogP contribution in [-0.2, 0) is 11.1 Å². The predicted molar refractivity (Wildman–Crippen MR) is 56.7 cm³/mol. The molecule has 0 fully saturated rings. The Morgan fingerprint density at radius 3 is 2.64 bits per heavy atom. The van der Waals surface area contributed by atoms with E-state index < -0.39 is 11.1 Å². The highest BCUT2D eigenvalue weighted by Crippen LogP contribution is 2.10. The van der Waals surface area contributed by atoms with Crippen molar-refractivity contribution < 1.29 is 13.5 Å². The minimum Gasteiger partial charge on any atom is -0.493 e. The first-order valence-corrected chi connectivity index (χ1v) is 5.71. The molecule has 4 heteroatoms. The van der Waals surface area contributed by atoms with Gasteiger partial charge in [-0.15, -0.1) is 0 Å². The van der Waals surface area contributed by atoms with E-state index in [1.807, 2.05) is 37.3 Å². The Morgan fingerprint density at radius 1 is 1.43 bits per heavy atom. The third-order valence-corrected chi connectivity index (χ3v) is 2.56. The number of benzene rings is 1. The topological polar surface area (TPSA) is 46.5 Å². The molecule has 1 aromatic carbocycles. The van der Waals surface area contributed by atoms with Crippen molar-refractivity contribution in [3.05, 3.63) is 30.3 Å². The summed E-state index contributed by atoms with van der Waals surface area (Å²) in [5.41, 5.74) is 0. The Balaban J connectivity index is 2.30. The summed E-state index contributed by atoms with van der Waals surface area (Å²) in [4.78, 5) is 0. The van der Waals surface area contributed by atoms with E-state index in [4.69, 9.17) is 9.29 Å². The predicted octanol–water partition coefficient (Wildman–Crippen LogP) is 1.92. The Kier molecular flexibility index (Phi) is 4.62. The number of ether oxygens (including phenoxy) is 1. The van der Waals surface area contributed by atoms with Gasteiger partial charge >= 0.3 is 0 Å². The van der Waals surface area contributed by atoms with E-state index in [1.54, 1.807) is 0 Å². The van der Waals surface area contributed by atoms with Crippen LogP contribution >= 0.6 is 0 Å². The van der Waals surface area contributed by atoms with Crippen LogP contribution in [0.2, 0.25) is 0 Å². The van der Waals surface area contributed by atoms with Crippen molar-refractivity contribution in [2.24, 2.45) is 5.92 Å². The van der Waals surface area contributed by atoms with Gasteiger partial charge in [-0.05, 0) is 12.1 Å². The van der Waals surface area contributed by atoms with Crippen molar-refractivity contribution in [3.63, 3.8) is 0 Å². The molecule has 78 valence electrons. The summed E-state index contributed by atoms with van der Waals surface area (Å²) in [6.07, 6.45) is 0. The van der Waals surface area contributed by atoms with Gasteiger partial charge in [0, 0.05) is 5.92 Å². The van der Waals surface area contributed by atoms with Gasteiger partial charge < -0.3 is 9.29 Å². The van der Waals surface area contributed by atoms with E-state index in [1.165, 1.54) is 0 Å². The van der Waals surface area contributed by atoms with Gasteiger partial charge in [-0.2, -0.15) is 0 Å². The number of hydrogen-bond donors (Lipinski definition) is 1. The van der Waals surface area contributed by atoms with Crippen molar-refractivity contribution in [1.82, 2.24) is 0 Å². The molecule has 0 spiro atoms. The van der Waals surface area contributed by atoms with Crippen molar-refractivity contribution >= 4 is 11.1 Å². The van der Waals surface area contributed by atoms with Crippen LogP contribution in [0.15, 0.2) is 30.3 Å². The highest BCUT2D eigenvalue weighted by molar-refractivity contribution is 7.79. The molecule has 0 amide bonds. The second-order valence-corrected chi connectivity index (χ2v) is 4.19. The van der Waals surface area contributed by atoms with E-state index in [0.29, 0.717) is 6.61 Å². The first kappa shape index (κ1) is 11.2. The molecule has 0 aliphatic heterocycles. The van der Waals surface area contributed by atoms with Gasteiger partial charge in [0.2, 0.25) is 0 Å². The molecule has 1 rings (SSSR count). The molecule has 0 bridgehead atoms. The highest BCUT2D eigenvalue weighted by atomic mass is 32.2. The van der Waals surface area contributed by atoms with Gasteiger partial charge in [0.15, 0.2) is 11.1 Å². The molecular formula is C10H14O3S. The first-order valence-electron chi connectivity index (χ1n) is 4.44. The zero-order valence-corrected chi connectivity index (χ0v) is 8.87. The van der Waals surface area contributed by atoms with Gasteiger partial charge in [0.05, 0.1) is 12.4 Å². The van der Waals surface area contributed by atoms with Gasteiger partial charge in [-0.25, -0.2) is 4.21 Å². The van der Waals surface area contributed by atoms with Gasteiger partial charge in [-0.1, -0.05) is 25.1 Å².